The number of hydrogen-bond donors (Lipinski definition) is 1. The fourth-order valence-electron chi connectivity index (χ4n) is 2.04. The van der Waals surface area contributed by atoms with Crippen LogP contribution in [0.4, 0.5) is 0 Å². The zero-order valence-corrected chi connectivity index (χ0v) is 13.9. The summed E-state index contributed by atoms with van der Waals surface area (Å²) in [6.07, 6.45) is 10.9. The molecule has 1 aromatic rings. The van der Waals surface area contributed by atoms with Crippen LogP contribution in [-0.4, -0.2) is 25.0 Å². The van der Waals surface area contributed by atoms with E-state index >= 15 is 0 Å². The van der Waals surface area contributed by atoms with Crippen molar-refractivity contribution in [3.63, 3.8) is 0 Å². The van der Waals surface area contributed by atoms with E-state index in [0.717, 1.165) is 32.0 Å². The van der Waals surface area contributed by atoms with E-state index in [-0.39, 0.29) is 5.91 Å². The Hall–Kier alpha value is -2.75. The van der Waals surface area contributed by atoms with Crippen molar-refractivity contribution in [1.29, 1.82) is 0 Å². The van der Waals surface area contributed by atoms with Crippen LogP contribution in [0, 0.1) is 0 Å². The van der Waals surface area contributed by atoms with Crippen LogP contribution in [0.1, 0.15) is 35.2 Å². The molecule has 0 fully saturated rings. The molecule has 0 aliphatic carbocycles. The summed E-state index contributed by atoms with van der Waals surface area (Å²) < 4.78 is 0. The van der Waals surface area contributed by atoms with Gasteiger partial charge in [-0.1, -0.05) is 43.8 Å². The van der Waals surface area contributed by atoms with Gasteiger partial charge in [-0.05, 0) is 36.5 Å². The minimum atomic E-state index is -0.132. The minimum Gasteiger partial charge on any atom is -0.353 e. The average Bonchev–Trinajstić information content (AvgIpc) is 2.61. The molecule has 126 valence electrons. The van der Waals surface area contributed by atoms with E-state index in [1.807, 2.05) is 24.3 Å². The molecule has 4 nitrogen and oxygen atoms in total. The zero-order chi connectivity index (χ0) is 17.6. The molecule has 0 atom stereocenters. The van der Waals surface area contributed by atoms with E-state index in [4.69, 9.17) is 0 Å². The van der Waals surface area contributed by atoms with Crippen LogP contribution < -0.4 is 5.32 Å². The predicted octanol–water partition coefficient (Wildman–Crippen LogP) is 3.65. The van der Waals surface area contributed by atoms with Gasteiger partial charge in [0.1, 0.15) is 6.29 Å². The third kappa shape index (κ3) is 8.63. The van der Waals surface area contributed by atoms with Crippen molar-refractivity contribution in [1.82, 2.24) is 5.32 Å². The highest BCUT2D eigenvalue weighted by atomic mass is 16.1. The first-order valence-corrected chi connectivity index (χ1v) is 7.98. The van der Waals surface area contributed by atoms with E-state index in [1.54, 1.807) is 12.3 Å². The fraction of sp³-hybridized carbons (Fsp3) is 0.250. The molecule has 24 heavy (non-hydrogen) atoms. The molecular weight excluding hydrogens is 300 g/mol. The Labute approximate surface area is 143 Å². The molecule has 0 aliphatic heterocycles. The van der Waals surface area contributed by atoms with Crippen molar-refractivity contribution in [2.45, 2.75) is 25.7 Å². The second kappa shape index (κ2) is 11.8. The Kier molecular flexibility index (Phi) is 9.46. The van der Waals surface area contributed by atoms with Gasteiger partial charge in [-0.3, -0.25) is 14.6 Å². The first-order valence-electron chi connectivity index (χ1n) is 7.98. The number of carbonyl (C=O) groups excluding carboxylic acids is 2. The third-order valence-corrected chi connectivity index (χ3v) is 3.35. The molecule has 1 N–H and O–H groups in total. The van der Waals surface area contributed by atoms with Crippen molar-refractivity contribution in [3.05, 3.63) is 72.5 Å². The molecule has 0 heterocycles. The predicted molar refractivity (Wildman–Crippen MR) is 99.4 cm³/mol. The first kappa shape index (κ1) is 19.3. The quantitative estimate of drug-likeness (QED) is 0.222. The van der Waals surface area contributed by atoms with Crippen molar-refractivity contribution < 1.29 is 9.59 Å². The molecule has 0 bridgehead atoms. The highest BCUT2D eigenvalue weighted by Crippen LogP contribution is 2.07. The second-order valence-corrected chi connectivity index (χ2v) is 5.33. The summed E-state index contributed by atoms with van der Waals surface area (Å²) in [4.78, 5) is 26.0. The Morgan fingerprint density at radius 3 is 2.54 bits per heavy atom. The maximum Gasteiger partial charge on any atom is 0.243 e. The summed E-state index contributed by atoms with van der Waals surface area (Å²) in [6, 6.07) is 7.64. The van der Waals surface area contributed by atoms with Crippen LogP contribution in [0.25, 0.3) is 0 Å². The Balaban J connectivity index is 2.12. The number of unbranched alkanes of at least 4 members (excludes halogenated alkanes) is 2. The summed E-state index contributed by atoms with van der Waals surface area (Å²) in [5, 5.41) is 2.84. The summed E-state index contributed by atoms with van der Waals surface area (Å²) in [6.45, 7) is 7.86. The monoisotopic (exact) mass is 324 g/mol. The fourth-order valence-corrected chi connectivity index (χ4v) is 2.04. The van der Waals surface area contributed by atoms with Gasteiger partial charge < -0.3 is 5.32 Å². The Bertz CT molecular complexity index is 613. The summed E-state index contributed by atoms with van der Waals surface area (Å²) in [5.74, 6) is -0.132. The largest absolute Gasteiger partial charge is 0.353 e. The van der Waals surface area contributed by atoms with E-state index in [2.05, 4.69) is 23.5 Å². The number of nitrogens with one attached hydrogen (secondary N) is 1. The lowest BCUT2D eigenvalue weighted by Crippen LogP contribution is -2.22. The molecule has 0 radical (unpaired) electrons. The number of rotatable bonds is 11. The minimum absolute atomic E-state index is 0.132. The number of aryl methyl sites for hydroxylation is 1. The standard InChI is InChI=1S/C20H24N2O2/c1-3-21-15-17(2)8-13-20(24)22-14-6-4-5-7-18-9-11-19(16-23)12-10-18/h3,8-13,15-16H,1-2,4-7,14H2,(H,22,24)/b13-8+,21-15?. The molecule has 0 aliphatic rings. The van der Waals surface area contributed by atoms with Gasteiger partial charge in [0, 0.05) is 30.6 Å². The van der Waals surface area contributed by atoms with Crippen molar-refractivity contribution in [3.8, 4) is 0 Å². The highest BCUT2D eigenvalue weighted by molar-refractivity contribution is 5.91. The third-order valence-electron chi connectivity index (χ3n) is 3.35. The molecule has 0 saturated heterocycles. The van der Waals surface area contributed by atoms with Gasteiger partial charge in [0.15, 0.2) is 0 Å². The lowest BCUT2D eigenvalue weighted by molar-refractivity contribution is -0.116. The Morgan fingerprint density at radius 1 is 1.12 bits per heavy atom. The van der Waals surface area contributed by atoms with Gasteiger partial charge in [0.05, 0.1) is 0 Å². The van der Waals surface area contributed by atoms with Gasteiger partial charge in [-0.15, -0.1) is 0 Å². The van der Waals surface area contributed by atoms with E-state index < -0.39 is 0 Å². The second-order valence-electron chi connectivity index (χ2n) is 5.33. The van der Waals surface area contributed by atoms with Gasteiger partial charge in [-0.2, -0.15) is 0 Å². The van der Waals surface area contributed by atoms with Crippen molar-refractivity contribution >= 4 is 18.4 Å². The van der Waals surface area contributed by atoms with Crippen LogP contribution >= 0.6 is 0 Å². The van der Waals surface area contributed by atoms with Gasteiger partial charge >= 0.3 is 0 Å². The summed E-state index contributed by atoms with van der Waals surface area (Å²) in [5.41, 5.74) is 2.57. The maximum absolute atomic E-state index is 11.6. The molecular formula is C20H24N2O2. The van der Waals surface area contributed by atoms with Gasteiger partial charge in [0.2, 0.25) is 5.91 Å². The molecule has 1 rings (SSSR count). The Morgan fingerprint density at radius 2 is 1.88 bits per heavy atom. The van der Waals surface area contributed by atoms with E-state index in [0.29, 0.717) is 17.7 Å². The number of carbonyl (C=O) groups is 2. The van der Waals surface area contributed by atoms with Crippen LogP contribution in [0.15, 0.2) is 66.3 Å². The van der Waals surface area contributed by atoms with Gasteiger partial charge in [-0.25, -0.2) is 0 Å². The molecule has 0 saturated carbocycles. The number of aliphatic imine (C=N–C) groups is 1. The molecule has 1 amide bonds. The van der Waals surface area contributed by atoms with Crippen LogP contribution in [-0.2, 0) is 11.2 Å². The zero-order valence-electron chi connectivity index (χ0n) is 13.9. The smallest absolute Gasteiger partial charge is 0.243 e. The van der Waals surface area contributed by atoms with Crippen LogP contribution in [0.5, 0.6) is 0 Å². The molecule has 0 spiro atoms. The first-order chi connectivity index (χ1) is 11.7. The van der Waals surface area contributed by atoms with E-state index in [1.165, 1.54) is 17.8 Å². The van der Waals surface area contributed by atoms with Crippen molar-refractivity contribution in [2.75, 3.05) is 6.54 Å². The highest BCUT2D eigenvalue weighted by Gasteiger charge is 1.97. The molecule has 1 aromatic carbocycles. The number of allylic oxidation sites excluding steroid dienone is 2. The molecule has 4 heteroatoms. The molecule has 0 unspecified atom stereocenters. The number of nitrogens with zero attached hydrogens (tertiary/aromatic N) is 1. The van der Waals surface area contributed by atoms with Crippen LogP contribution in [0.3, 0.4) is 0 Å². The number of hydrogen-bond acceptors (Lipinski definition) is 3. The number of aldehydes is 1. The maximum atomic E-state index is 11.6. The average molecular weight is 324 g/mol. The van der Waals surface area contributed by atoms with Crippen molar-refractivity contribution in [2.24, 2.45) is 4.99 Å². The van der Waals surface area contributed by atoms with Gasteiger partial charge in [0.25, 0.3) is 0 Å². The lowest BCUT2D eigenvalue weighted by atomic mass is 10.1. The van der Waals surface area contributed by atoms with E-state index in [9.17, 15) is 9.59 Å². The SMILES string of the molecule is C=CN=CC(=C)/C=C/C(=O)NCCCCCc1ccc(C=O)cc1. The number of benzene rings is 1. The number of amides is 1. The normalized spacial score (nSPS) is 10.8. The lowest BCUT2D eigenvalue weighted by Gasteiger charge is -2.03. The topological polar surface area (TPSA) is 58.5 Å². The van der Waals surface area contributed by atoms with Crippen LogP contribution in [0.2, 0.25) is 0 Å². The summed E-state index contributed by atoms with van der Waals surface area (Å²) in [7, 11) is 0. The summed E-state index contributed by atoms with van der Waals surface area (Å²) >= 11 is 0. The molecule has 0 aromatic heterocycles.